The summed E-state index contributed by atoms with van der Waals surface area (Å²) in [6.07, 6.45) is 4.28. The number of anilines is 2. The third kappa shape index (κ3) is 5.43. The zero-order chi connectivity index (χ0) is 19.1. The van der Waals surface area contributed by atoms with Crippen molar-refractivity contribution in [2.24, 2.45) is 4.99 Å². The monoisotopic (exact) mass is 430 g/mol. The standard InChI is InChI=1S/C19H23BrN6O/c1-21-19(23-12-18(27)24-14-5-4-9-22-11-14)25-15-8-10-26(13-15)17-7-3-2-6-16(17)20/h2-7,9,11,15H,8,10,12-13H2,1H3,(H,24,27)(H2,21,23,25). The Morgan fingerprint density at radius 2 is 2.19 bits per heavy atom. The predicted molar refractivity (Wildman–Crippen MR) is 112 cm³/mol. The highest BCUT2D eigenvalue weighted by molar-refractivity contribution is 9.10. The largest absolute Gasteiger partial charge is 0.368 e. The van der Waals surface area contributed by atoms with Gasteiger partial charge in [0.25, 0.3) is 0 Å². The van der Waals surface area contributed by atoms with Gasteiger partial charge in [-0.1, -0.05) is 12.1 Å². The number of benzene rings is 1. The van der Waals surface area contributed by atoms with Crippen LogP contribution in [-0.2, 0) is 4.79 Å². The summed E-state index contributed by atoms with van der Waals surface area (Å²) < 4.78 is 1.10. The number of nitrogens with one attached hydrogen (secondary N) is 3. The van der Waals surface area contributed by atoms with Crippen molar-refractivity contribution in [3.8, 4) is 0 Å². The van der Waals surface area contributed by atoms with Crippen LogP contribution in [-0.4, -0.2) is 49.6 Å². The molecule has 1 unspecified atom stereocenters. The van der Waals surface area contributed by atoms with Crippen molar-refractivity contribution < 1.29 is 4.79 Å². The number of carbonyl (C=O) groups is 1. The number of guanidine groups is 1. The summed E-state index contributed by atoms with van der Waals surface area (Å²) in [4.78, 5) is 22.6. The number of halogens is 1. The molecule has 0 spiro atoms. The van der Waals surface area contributed by atoms with E-state index in [9.17, 15) is 4.79 Å². The molecular weight excluding hydrogens is 408 g/mol. The minimum absolute atomic E-state index is 0.134. The quantitative estimate of drug-likeness (QED) is 0.500. The lowest BCUT2D eigenvalue weighted by Crippen LogP contribution is -2.46. The number of pyridine rings is 1. The molecule has 8 heteroatoms. The third-order valence-electron chi connectivity index (χ3n) is 4.31. The summed E-state index contributed by atoms with van der Waals surface area (Å²) in [5.41, 5.74) is 1.87. The lowest BCUT2D eigenvalue weighted by Gasteiger charge is -2.21. The second kappa shape index (κ2) is 9.36. The van der Waals surface area contributed by atoms with Crippen LogP contribution >= 0.6 is 15.9 Å². The van der Waals surface area contributed by atoms with Gasteiger partial charge in [0.15, 0.2) is 5.96 Å². The Hall–Kier alpha value is -2.61. The van der Waals surface area contributed by atoms with Crippen LogP contribution in [0.2, 0.25) is 0 Å². The number of para-hydroxylation sites is 1. The Kier molecular flexibility index (Phi) is 6.64. The third-order valence-corrected chi connectivity index (χ3v) is 4.98. The topological polar surface area (TPSA) is 81.6 Å². The molecule has 0 bridgehead atoms. The first-order valence-corrected chi connectivity index (χ1v) is 9.61. The molecule has 2 heterocycles. The van der Waals surface area contributed by atoms with Crippen molar-refractivity contribution in [1.82, 2.24) is 15.6 Å². The molecule has 1 aliphatic rings. The zero-order valence-corrected chi connectivity index (χ0v) is 16.7. The van der Waals surface area contributed by atoms with Gasteiger partial charge >= 0.3 is 0 Å². The molecule has 0 saturated carbocycles. The number of hydrogen-bond donors (Lipinski definition) is 3. The molecule has 1 aromatic heterocycles. The molecule has 2 aromatic rings. The molecule has 3 rings (SSSR count). The Balaban J connectivity index is 1.47. The summed E-state index contributed by atoms with van der Waals surface area (Å²) in [6.45, 7) is 1.99. The molecule has 1 amide bonds. The normalized spacial score (nSPS) is 16.9. The fraction of sp³-hybridized carbons (Fsp3) is 0.316. The smallest absolute Gasteiger partial charge is 0.243 e. The number of aliphatic imine (C=N–C) groups is 1. The van der Waals surface area contributed by atoms with E-state index in [0.29, 0.717) is 11.6 Å². The maximum atomic E-state index is 12.0. The molecule has 0 radical (unpaired) electrons. The van der Waals surface area contributed by atoms with Crippen LogP contribution in [0.4, 0.5) is 11.4 Å². The molecule has 7 nitrogen and oxygen atoms in total. The number of aromatic nitrogens is 1. The minimum atomic E-state index is -0.146. The van der Waals surface area contributed by atoms with Gasteiger partial charge in [-0.2, -0.15) is 0 Å². The van der Waals surface area contributed by atoms with Crippen LogP contribution in [0.25, 0.3) is 0 Å². The van der Waals surface area contributed by atoms with Crippen molar-refractivity contribution in [2.45, 2.75) is 12.5 Å². The van der Waals surface area contributed by atoms with E-state index in [1.165, 1.54) is 5.69 Å². The second-order valence-electron chi connectivity index (χ2n) is 6.24. The van der Waals surface area contributed by atoms with E-state index in [2.05, 4.69) is 58.9 Å². The van der Waals surface area contributed by atoms with E-state index in [1.807, 2.05) is 12.1 Å². The number of nitrogens with zero attached hydrogens (tertiary/aromatic N) is 3. The Morgan fingerprint density at radius 3 is 2.93 bits per heavy atom. The van der Waals surface area contributed by atoms with Gasteiger partial charge in [0.2, 0.25) is 5.91 Å². The van der Waals surface area contributed by atoms with Gasteiger partial charge in [0.05, 0.1) is 24.1 Å². The number of hydrogen-bond acceptors (Lipinski definition) is 4. The summed E-state index contributed by atoms with van der Waals surface area (Å²) in [5, 5.41) is 9.24. The molecule has 0 aliphatic carbocycles. The lowest BCUT2D eigenvalue weighted by molar-refractivity contribution is -0.115. The van der Waals surface area contributed by atoms with Crippen LogP contribution in [0.3, 0.4) is 0 Å². The van der Waals surface area contributed by atoms with Gasteiger partial charge in [-0.05, 0) is 46.6 Å². The maximum Gasteiger partial charge on any atom is 0.243 e. The molecule has 1 atom stereocenters. The maximum absolute atomic E-state index is 12.0. The number of carbonyl (C=O) groups excluding carboxylic acids is 1. The number of rotatable bonds is 5. The predicted octanol–water partition coefficient (Wildman–Crippen LogP) is 2.23. The van der Waals surface area contributed by atoms with Gasteiger partial charge in [0, 0.05) is 36.8 Å². The molecule has 1 fully saturated rings. The fourth-order valence-electron chi connectivity index (χ4n) is 3.00. The van der Waals surface area contributed by atoms with Crippen molar-refractivity contribution in [3.05, 3.63) is 53.3 Å². The van der Waals surface area contributed by atoms with Crippen LogP contribution in [0.5, 0.6) is 0 Å². The molecule has 3 N–H and O–H groups in total. The van der Waals surface area contributed by atoms with Crippen LogP contribution < -0.4 is 20.9 Å². The lowest BCUT2D eigenvalue weighted by atomic mass is 10.3. The SMILES string of the molecule is CN=C(NCC(=O)Nc1cccnc1)NC1CCN(c2ccccc2Br)C1. The summed E-state index contributed by atoms with van der Waals surface area (Å²) in [6, 6.07) is 12.1. The van der Waals surface area contributed by atoms with Crippen LogP contribution in [0.15, 0.2) is 58.3 Å². The second-order valence-corrected chi connectivity index (χ2v) is 7.10. The van der Waals surface area contributed by atoms with Crippen molar-refractivity contribution in [1.29, 1.82) is 0 Å². The van der Waals surface area contributed by atoms with E-state index in [4.69, 9.17) is 0 Å². The molecule has 1 aromatic carbocycles. The highest BCUT2D eigenvalue weighted by Gasteiger charge is 2.24. The van der Waals surface area contributed by atoms with E-state index in [0.717, 1.165) is 24.0 Å². The first-order chi connectivity index (χ1) is 13.2. The highest BCUT2D eigenvalue weighted by Crippen LogP contribution is 2.28. The van der Waals surface area contributed by atoms with E-state index < -0.39 is 0 Å². The van der Waals surface area contributed by atoms with Gasteiger partial charge in [-0.3, -0.25) is 14.8 Å². The van der Waals surface area contributed by atoms with Crippen molar-refractivity contribution in [3.63, 3.8) is 0 Å². The van der Waals surface area contributed by atoms with Crippen molar-refractivity contribution >= 4 is 39.2 Å². The van der Waals surface area contributed by atoms with Crippen LogP contribution in [0.1, 0.15) is 6.42 Å². The average Bonchev–Trinajstić information content (AvgIpc) is 3.14. The van der Waals surface area contributed by atoms with Gasteiger partial charge < -0.3 is 20.9 Å². The average molecular weight is 431 g/mol. The number of amides is 1. The molecule has 1 aliphatic heterocycles. The molecule has 1 saturated heterocycles. The highest BCUT2D eigenvalue weighted by atomic mass is 79.9. The Morgan fingerprint density at radius 1 is 1.33 bits per heavy atom. The van der Waals surface area contributed by atoms with Crippen molar-refractivity contribution in [2.75, 3.05) is 36.9 Å². The Labute approximate surface area is 167 Å². The summed E-state index contributed by atoms with van der Waals surface area (Å²) >= 11 is 3.61. The molecule has 142 valence electrons. The molecule has 27 heavy (non-hydrogen) atoms. The van der Waals surface area contributed by atoms with Gasteiger partial charge in [0.1, 0.15) is 0 Å². The fourth-order valence-corrected chi connectivity index (χ4v) is 3.53. The first kappa shape index (κ1) is 19.2. The Bertz CT molecular complexity index is 798. The molecular formula is C19H23BrN6O. The van der Waals surface area contributed by atoms with E-state index in [-0.39, 0.29) is 18.5 Å². The van der Waals surface area contributed by atoms with Crippen LogP contribution in [0, 0.1) is 0 Å². The summed E-state index contributed by atoms with van der Waals surface area (Å²) in [5.74, 6) is 0.475. The minimum Gasteiger partial charge on any atom is -0.368 e. The zero-order valence-electron chi connectivity index (χ0n) is 15.2. The summed E-state index contributed by atoms with van der Waals surface area (Å²) in [7, 11) is 1.70. The van der Waals surface area contributed by atoms with Gasteiger partial charge in [-0.25, -0.2) is 0 Å². The first-order valence-electron chi connectivity index (χ1n) is 8.82. The van der Waals surface area contributed by atoms with E-state index >= 15 is 0 Å². The van der Waals surface area contributed by atoms with E-state index in [1.54, 1.807) is 31.6 Å². The van der Waals surface area contributed by atoms with Gasteiger partial charge in [-0.15, -0.1) is 0 Å².